The highest BCUT2D eigenvalue weighted by atomic mass is 16.3. The van der Waals surface area contributed by atoms with Crippen LogP contribution in [0.3, 0.4) is 0 Å². The fraction of sp³-hybridized carbons (Fsp3) is 0.308. The lowest BCUT2D eigenvalue weighted by Crippen LogP contribution is -2.58. The summed E-state index contributed by atoms with van der Waals surface area (Å²) in [5.41, 5.74) is 10.8. The second-order valence-corrected chi connectivity index (χ2v) is 9.27. The second kappa shape index (κ2) is 7.15. The molecule has 0 bridgehead atoms. The van der Waals surface area contributed by atoms with Gasteiger partial charge < -0.3 is 15.4 Å². The predicted molar refractivity (Wildman–Crippen MR) is 127 cm³/mol. The average Bonchev–Trinajstić information content (AvgIpc) is 3.06. The number of aromatic nitrogens is 3. The van der Waals surface area contributed by atoms with Crippen molar-refractivity contribution in [1.29, 1.82) is 0 Å². The number of aliphatic hydroxyl groups is 1. The van der Waals surface area contributed by atoms with Crippen LogP contribution in [-0.2, 0) is 19.1 Å². The first-order valence-electron chi connectivity index (χ1n) is 11.0. The molecule has 1 saturated carbocycles. The van der Waals surface area contributed by atoms with Crippen LogP contribution in [0.25, 0.3) is 33.4 Å². The molecule has 164 valence electrons. The molecule has 0 unspecified atom stereocenters. The normalized spacial score (nSPS) is 22.8. The minimum atomic E-state index is -0.700. The van der Waals surface area contributed by atoms with Gasteiger partial charge in [0.05, 0.1) is 23.0 Å². The zero-order valence-electron chi connectivity index (χ0n) is 18.7. The monoisotopic (exact) mass is 428 g/mol. The summed E-state index contributed by atoms with van der Waals surface area (Å²) in [5, 5.41) is 10.8. The van der Waals surface area contributed by atoms with E-state index in [9.17, 15) is 9.90 Å². The minimum absolute atomic E-state index is 0.0348. The summed E-state index contributed by atoms with van der Waals surface area (Å²) in [6, 6.07) is 18.2. The maximum atomic E-state index is 13.3. The molecule has 1 aliphatic rings. The van der Waals surface area contributed by atoms with Crippen molar-refractivity contribution in [3.05, 3.63) is 76.8 Å². The van der Waals surface area contributed by atoms with E-state index in [1.165, 1.54) is 0 Å². The molecule has 0 amide bonds. The molecule has 1 aliphatic carbocycles. The van der Waals surface area contributed by atoms with Crippen molar-refractivity contribution >= 4 is 11.0 Å². The van der Waals surface area contributed by atoms with E-state index in [1.54, 1.807) is 10.9 Å². The van der Waals surface area contributed by atoms with E-state index in [0.717, 1.165) is 27.9 Å². The molecule has 0 atom stereocenters. The topological polar surface area (TPSA) is 86.1 Å². The van der Waals surface area contributed by atoms with Gasteiger partial charge >= 0.3 is 0 Å². The number of aryl methyl sites for hydroxylation is 2. The molecule has 0 aliphatic heterocycles. The number of fused-ring (bicyclic) bond motifs is 1. The Morgan fingerprint density at radius 2 is 1.72 bits per heavy atom. The molecule has 1 fully saturated rings. The fourth-order valence-electron chi connectivity index (χ4n) is 5.27. The molecule has 32 heavy (non-hydrogen) atoms. The Balaban J connectivity index is 1.72. The Morgan fingerprint density at radius 1 is 1.06 bits per heavy atom. The maximum Gasteiger partial charge on any atom is 0.263 e. The van der Waals surface area contributed by atoms with Crippen LogP contribution in [0, 0.1) is 0 Å². The summed E-state index contributed by atoms with van der Waals surface area (Å²) in [5.74, 6) is 0. The Hall–Kier alpha value is -3.22. The van der Waals surface area contributed by atoms with Crippen molar-refractivity contribution in [3.8, 4) is 22.4 Å². The molecule has 6 nitrogen and oxygen atoms in total. The minimum Gasteiger partial charge on any atom is -0.390 e. The van der Waals surface area contributed by atoms with Crippen molar-refractivity contribution in [2.45, 2.75) is 44.4 Å². The van der Waals surface area contributed by atoms with E-state index < -0.39 is 11.1 Å². The predicted octanol–water partition coefficient (Wildman–Crippen LogP) is 3.79. The number of rotatable bonds is 4. The fourth-order valence-corrected chi connectivity index (χ4v) is 5.27. The van der Waals surface area contributed by atoms with Crippen molar-refractivity contribution in [3.63, 3.8) is 0 Å². The molecule has 2 heterocycles. The molecular formula is C26H28N4O2. The van der Waals surface area contributed by atoms with Gasteiger partial charge in [0.1, 0.15) is 5.65 Å². The number of hydrogen-bond donors (Lipinski definition) is 2. The smallest absolute Gasteiger partial charge is 0.263 e. The van der Waals surface area contributed by atoms with Crippen molar-refractivity contribution in [1.82, 2.24) is 14.1 Å². The zero-order chi connectivity index (χ0) is 22.7. The standard InChI is InChI=1S/C26H28N4O2/c1-4-30-16-28-23-21(24(30)31)20(17-8-6-5-7-9-17)22(29(23)3)18-10-12-19(13-11-18)26(27)14-25(2,32)15-26/h5-13,16,32H,4,14-15,27H2,1-3H3. The van der Waals surface area contributed by atoms with Crippen LogP contribution in [0.1, 0.15) is 32.3 Å². The van der Waals surface area contributed by atoms with Crippen molar-refractivity contribution < 1.29 is 5.11 Å². The summed E-state index contributed by atoms with van der Waals surface area (Å²) in [6.45, 7) is 4.33. The summed E-state index contributed by atoms with van der Waals surface area (Å²) in [6.07, 6.45) is 2.71. The molecule has 3 N–H and O–H groups in total. The molecule has 4 aromatic rings. The van der Waals surface area contributed by atoms with E-state index in [1.807, 2.05) is 67.9 Å². The molecule has 6 heteroatoms. The Labute approximate surface area is 187 Å². The van der Waals surface area contributed by atoms with Gasteiger partial charge in [0, 0.05) is 24.7 Å². The number of nitrogens with zero attached hydrogens (tertiary/aromatic N) is 3. The van der Waals surface area contributed by atoms with Crippen LogP contribution in [-0.4, -0.2) is 24.8 Å². The van der Waals surface area contributed by atoms with E-state index in [-0.39, 0.29) is 5.56 Å². The van der Waals surface area contributed by atoms with Crippen LogP contribution in [0.5, 0.6) is 0 Å². The number of nitrogens with two attached hydrogens (primary N) is 1. The number of benzene rings is 2. The quantitative estimate of drug-likeness (QED) is 0.518. The van der Waals surface area contributed by atoms with Gasteiger partial charge in [-0.15, -0.1) is 0 Å². The lowest BCUT2D eigenvalue weighted by Gasteiger charge is -2.49. The lowest BCUT2D eigenvalue weighted by atomic mass is 9.63. The van der Waals surface area contributed by atoms with Gasteiger partial charge in [0.15, 0.2) is 0 Å². The first-order valence-corrected chi connectivity index (χ1v) is 11.0. The van der Waals surface area contributed by atoms with Gasteiger partial charge in [-0.3, -0.25) is 9.36 Å². The van der Waals surface area contributed by atoms with Gasteiger partial charge in [0.25, 0.3) is 5.56 Å². The van der Waals surface area contributed by atoms with Crippen LogP contribution in [0.15, 0.2) is 65.7 Å². The van der Waals surface area contributed by atoms with E-state index >= 15 is 0 Å². The van der Waals surface area contributed by atoms with Gasteiger partial charge in [-0.2, -0.15) is 0 Å². The van der Waals surface area contributed by atoms with Crippen LogP contribution < -0.4 is 11.3 Å². The molecule has 2 aromatic heterocycles. The lowest BCUT2D eigenvalue weighted by molar-refractivity contribution is -0.0738. The second-order valence-electron chi connectivity index (χ2n) is 9.27. The molecule has 0 saturated heterocycles. The highest BCUT2D eigenvalue weighted by molar-refractivity contribution is 6.02. The first-order chi connectivity index (χ1) is 15.2. The van der Waals surface area contributed by atoms with Gasteiger partial charge in [-0.25, -0.2) is 4.98 Å². The summed E-state index contributed by atoms with van der Waals surface area (Å²) < 4.78 is 3.64. The third-order valence-corrected chi connectivity index (χ3v) is 6.69. The van der Waals surface area contributed by atoms with E-state index in [0.29, 0.717) is 30.4 Å². The third kappa shape index (κ3) is 3.10. The van der Waals surface area contributed by atoms with E-state index in [4.69, 9.17) is 5.73 Å². The molecule has 0 spiro atoms. The third-order valence-electron chi connectivity index (χ3n) is 6.69. The SMILES string of the molecule is CCn1cnc2c(c(-c3ccccc3)c(-c3ccc(C4(N)CC(C)(O)C4)cc3)n2C)c1=O. The van der Waals surface area contributed by atoms with Crippen LogP contribution >= 0.6 is 0 Å². The number of hydrogen-bond acceptors (Lipinski definition) is 4. The summed E-state index contributed by atoms with van der Waals surface area (Å²) >= 11 is 0. The van der Waals surface area contributed by atoms with Crippen molar-refractivity contribution in [2.75, 3.05) is 0 Å². The van der Waals surface area contributed by atoms with Crippen LogP contribution in [0.4, 0.5) is 0 Å². The molecular weight excluding hydrogens is 400 g/mol. The van der Waals surface area contributed by atoms with Gasteiger partial charge in [0.2, 0.25) is 0 Å². The molecule has 5 rings (SSSR count). The summed E-state index contributed by atoms with van der Waals surface area (Å²) in [7, 11) is 1.95. The largest absolute Gasteiger partial charge is 0.390 e. The average molecular weight is 429 g/mol. The Bertz CT molecular complexity index is 1360. The molecule has 2 aromatic carbocycles. The highest BCUT2D eigenvalue weighted by Crippen LogP contribution is 2.46. The van der Waals surface area contributed by atoms with Gasteiger partial charge in [-0.1, -0.05) is 54.6 Å². The van der Waals surface area contributed by atoms with Crippen molar-refractivity contribution in [2.24, 2.45) is 12.8 Å². The van der Waals surface area contributed by atoms with Gasteiger partial charge in [-0.05, 0) is 43.4 Å². The highest BCUT2D eigenvalue weighted by Gasteiger charge is 2.49. The molecule has 0 radical (unpaired) electrons. The summed E-state index contributed by atoms with van der Waals surface area (Å²) in [4.78, 5) is 17.9. The maximum absolute atomic E-state index is 13.3. The first kappa shape index (κ1) is 20.7. The van der Waals surface area contributed by atoms with Crippen LogP contribution in [0.2, 0.25) is 0 Å². The Kier molecular flexibility index (Phi) is 4.62. The zero-order valence-corrected chi connectivity index (χ0v) is 18.7. The Morgan fingerprint density at radius 3 is 2.31 bits per heavy atom. The van der Waals surface area contributed by atoms with E-state index in [2.05, 4.69) is 17.1 Å².